The van der Waals surface area contributed by atoms with E-state index in [9.17, 15) is 4.79 Å². The molecule has 29 heavy (non-hydrogen) atoms. The molecule has 160 valence electrons. The largest absolute Gasteiger partial charge is 0.371 e. The summed E-state index contributed by atoms with van der Waals surface area (Å²) in [5.74, 6) is 0.138. The highest BCUT2D eigenvalue weighted by molar-refractivity contribution is 5.94. The van der Waals surface area contributed by atoms with Gasteiger partial charge >= 0.3 is 0 Å². The Labute approximate surface area is 176 Å². The van der Waals surface area contributed by atoms with Crippen molar-refractivity contribution in [3.8, 4) is 0 Å². The number of amides is 1. The smallest absolute Gasteiger partial charge is 0.254 e. The average Bonchev–Trinajstić information content (AvgIpc) is 2.79. The summed E-state index contributed by atoms with van der Waals surface area (Å²) in [4.78, 5) is 22.4. The fourth-order valence-corrected chi connectivity index (χ4v) is 5.47. The number of nitrogens with zero attached hydrogens (tertiary/aromatic N) is 4. The molecule has 4 rings (SSSR count). The van der Waals surface area contributed by atoms with E-state index in [-0.39, 0.29) is 12.1 Å². The first-order valence-electron chi connectivity index (χ1n) is 11.7. The number of hydrogen-bond acceptors (Lipinski definition) is 4. The second-order valence-corrected chi connectivity index (χ2v) is 9.23. The van der Waals surface area contributed by atoms with Crippen LogP contribution in [0.4, 0.5) is 5.69 Å². The molecule has 0 N–H and O–H groups in total. The summed E-state index contributed by atoms with van der Waals surface area (Å²) in [6.07, 6.45) is 10.4. The number of anilines is 1. The van der Waals surface area contributed by atoms with Crippen molar-refractivity contribution in [2.45, 2.75) is 63.6 Å². The number of carbonyl (C=O) groups excluding carboxylic acids is 1. The molecule has 0 saturated carbocycles. The molecule has 0 radical (unpaired) electrons. The number of hydrogen-bond donors (Lipinski definition) is 0. The maximum atomic E-state index is 13.0. The van der Waals surface area contributed by atoms with Crippen LogP contribution in [-0.4, -0.2) is 79.6 Å². The number of rotatable bonds is 4. The Kier molecular flexibility index (Phi) is 6.76. The Morgan fingerprint density at radius 3 is 2.17 bits per heavy atom. The lowest BCUT2D eigenvalue weighted by molar-refractivity contribution is 0.0358. The third-order valence-electron chi connectivity index (χ3n) is 7.35. The van der Waals surface area contributed by atoms with Crippen molar-refractivity contribution in [3.63, 3.8) is 0 Å². The van der Waals surface area contributed by atoms with E-state index in [2.05, 4.69) is 33.9 Å². The topological polar surface area (TPSA) is 30.0 Å². The van der Waals surface area contributed by atoms with Gasteiger partial charge in [-0.3, -0.25) is 9.69 Å². The van der Waals surface area contributed by atoms with Crippen LogP contribution in [-0.2, 0) is 0 Å². The van der Waals surface area contributed by atoms with Crippen LogP contribution in [0.3, 0.4) is 0 Å². The van der Waals surface area contributed by atoms with Crippen molar-refractivity contribution >= 4 is 11.6 Å². The SMILES string of the molecule is CN1CCCCC1N(C)C(=O)c1ccc(N2CCC(N3CCCCC3)CC2)cc1. The van der Waals surface area contributed by atoms with Gasteiger partial charge in [0.1, 0.15) is 0 Å². The molecular formula is C24H38N4O. The van der Waals surface area contributed by atoms with Crippen LogP contribution in [0.2, 0.25) is 0 Å². The molecule has 3 aliphatic rings. The first kappa shape index (κ1) is 20.7. The Morgan fingerprint density at radius 1 is 0.862 bits per heavy atom. The van der Waals surface area contributed by atoms with Crippen molar-refractivity contribution in [2.75, 3.05) is 51.7 Å². The average molecular weight is 399 g/mol. The molecule has 0 aliphatic carbocycles. The van der Waals surface area contributed by atoms with Crippen LogP contribution < -0.4 is 4.90 Å². The van der Waals surface area contributed by atoms with Crippen LogP contribution in [0.1, 0.15) is 61.7 Å². The molecular weight excluding hydrogens is 360 g/mol. The lowest BCUT2D eigenvalue weighted by atomic mass is 9.99. The third-order valence-corrected chi connectivity index (χ3v) is 7.35. The number of carbonyl (C=O) groups is 1. The number of piperidine rings is 3. The Balaban J connectivity index is 1.32. The Morgan fingerprint density at radius 2 is 1.52 bits per heavy atom. The zero-order valence-electron chi connectivity index (χ0n) is 18.4. The van der Waals surface area contributed by atoms with Crippen molar-refractivity contribution < 1.29 is 4.79 Å². The van der Waals surface area contributed by atoms with Gasteiger partial charge in [0.05, 0.1) is 6.17 Å². The van der Waals surface area contributed by atoms with Gasteiger partial charge in [-0.05, 0) is 95.9 Å². The molecule has 1 atom stereocenters. The van der Waals surface area contributed by atoms with Gasteiger partial charge in [0.15, 0.2) is 0 Å². The molecule has 1 unspecified atom stereocenters. The predicted octanol–water partition coefficient (Wildman–Crippen LogP) is 3.66. The van der Waals surface area contributed by atoms with Gasteiger partial charge in [-0.1, -0.05) is 6.42 Å². The highest BCUT2D eigenvalue weighted by Gasteiger charge is 2.28. The van der Waals surface area contributed by atoms with Gasteiger partial charge in [-0.25, -0.2) is 0 Å². The Bertz CT molecular complexity index is 662. The monoisotopic (exact) mass is 398 g/mol. The fraction of sp³-hybridized carbons (Fsp3) is 0.708. The molecule has 3 fully saturated rings. The van der Waals surface area contributed by atoms with Crippen LogP contribution in [0.25, 0.3) is 0 Å². The molecule has 0 aromatic heterocycles. The summed E-state index contributed by atoms with van der Waals surface area (Å²) in [6, 6.07) is 9.11. The molecule has 3 heterocycles. The van der Waals surface area contributed by atoms with Gasteiger partial charge in [0.2, 0.25) is 0 Å². The van der Waals surface area contributed by atoms with E-state index in [1.54, 1.807) is 0 Å². The van der Waals surface area contributed by atoms with E-state index < -0.39 is 0 Å². The number of likely N-dealkylation sites (tertiary alicyclic amines) is 2. The zero-order chi connectivity index (χ0) is 20.2. The minimum Gasteiger partial charge on any atom is -0.371 e. The van der Waals surface area contributed by atoms with E-state index in [0.29, 0.717) is 0 Å². The lowest BCUT2D eigenvalue weighted by Gasteiger charge is -2.41. The predicted molar refractivity (Wildman–Crippen MR) is 119 cm³/mol. The molecule has 3 aliphatic heterocycles. The quantitative estimate of drug-likeness (QED) is 0.774. The van der Waals surface area contributed by atoms with Gasteiger partial charge in [0, 0.05) is 37.4 Å². The molecule has 5 heteroatoms. The normalized spacial score (nSPS) is 25.2. The second kappa shape index (κ2) is 9.48. The van der Waals surface area contributed by atoms with E-state index in [0.717, 1.165) is 37.7 Å². The number of benzene rings is 1. The fourth-order valence-electron chi connectivity index (χ4n) is 5.47. The Hall–Kier alpha value is -1.59. The van der Waals surface area contributed by atoms with Crippen LogP contribution in [0.5, 0.6) is 0 Å². The summed E-state index contributed by atoms with van der Waals surface area (Å²) in [6.45, 7) is 5.92. The molecule has 3 saturated heterocycles. The molecule has 0 bridgehead atoms. The highest BCUT2D eigenvalue weighted by atomic mass is 16.2. The van der Waals surface area contributed by atoms with E-state index in [1.165, 1.54) is 63.7 Å². The molecule has 1 amide bonds. The minimum atomic E-state index is 0.138. The third kappa shape index (κ3) is 4.77. The first-order chi connectivity index (χ1) is 14.1. The summed E-state index contributed by atoms with van der Waals surface area (Å²) >= 11 is 0. The van der Waals surface area contributed by atoms with Crippen LogP contribution >= 0.6 is 0 Å². The molecule has 0 spiro atoms. The van der Waals surface area contributed by atoms with Crippen molar-refractivity contribution in [1.82, 2.24) is 14.7 Å². The maximum absolute atomic E-state index is 13.0. The van der Waals surface area contributed by atoms with Crippen molar-refractivity contribution in [3.05, 3.63) is 29.8 Å². The second-order valence-electron chi connectivity index (χ2n) is 9.23. The standard InChI is InChI=1S/C24H38N4O/c1-25-15-7-4-8-23(25)26(2)24(29)20-9-11-21(12-10-20)28-18-13-22(14-19-28)27-16-5-3-6-17-27/h9-12,22-23H,3-8,13-19H2,1-2H3. The van der Waals surface area contributed by atoms with Gasteiger partial charge in [-0.15, -0.1) is 0 Å². The van der Waals surface area contributed by atoms with Crippen LogP contribution in [0.15, 0.2) is 24.3 Å². The zero-order valence-corrected chi connectivity index (χ0v) is 18.4. The van der Waals surface area contributed by atoms with Gasteiger partial charge < -0.3 is 14.7 Å². The maximum Gasteiger partial charge on any atom is 0.254 e. The van der Waals surface area contributed by atoms with E-state index in [4.69, 9.17) is 0 Å². The minimum absolute atomic E-state index is 0.138. The summed E-state index contributed by atoms with van der Waals surface area (Å²) in [5, 5.41) is 0. The van der Waals surface area contributed by atoms with Crippen molar-refractivity contribution in [2.24, 2.45) is 0 Å². The summed E-state index contributed by atoms with van der Waals surface area (Å²) in [7, 11) is 4.08. The van der Waals surface area contributed by atoms with E-state index >= 15 is 0 Å². The van der Waals surface area contributed by atoms with Crippen molar-refractivity contribution in [1.29, 1.82) is 0 Å². The molecule has 1 aromatic rings. The lowest BCUT2D eigenvalue weighted by Crippen LogP contribution is -2.49. The molecule has 5 nitrogen and oxygen atoms in total. The highest BCUT2D eigenvalue weighted by Crippen LogP contribution is 2.26. The molecule has 1 aromatic carbocycles. The summed E-state index contributed by atoms with van der Waals surface area (Å²) < 4.78 is 0. The van der Waals surface area contributed by atoms with E-state index in [1.807, 2.05) is 24.1 Å². The van der Waals surface area contributed by atoms with Gasteiger partial charge in [0.25, 0.3) is 5.91 Å². The van der Waals surface area contributed by atoms with Crippen LogP contribution in [0, 0.1) is 0 Å². The summed E-state index contributed by atoms with van der Waals surface area (Å²) in [5.41, 5.74) is 2.06. The van der Waals surface area contributed by atoms with Gasteiger partial charge in [-0.2, -0.15) is 0 Å². The first-order valence-corrected chi connectivity index (χ1v) is 11.7.